The van der Waals surface area contributed by atoms with Crippen LogP contribution < -0.4 is 0 Å². The summed E-state index contributed by atoms with van der Waals surface area (Å²) in [7, 11) is 0. The molecule has 0 atom stereocenters. The number of halogens is 1. The van der Waals surface area contributed by atoms with Crippen molar-refractivity contribution in [3.05, 3.63) is 71.1 Å². The van der Waals surface area contributed by atoms with Crippen molar-refractivity contribution in [1.82, 2.24) is 14.8 Å². The molecule has 0 aliphatic carbocycles. The lowest BCUT2D eigenvalue weighted by Crippen LogP contribution is -2.01. The monoisotopic (exact) mass is 337 g/mol. The van der Waals surface area contributed by atoms with Gasteiger partial charge in [0.15, 0.2) is 0 Å². The summed E-state index contributed by atoms with van der Waals surface area (Å²) in [6.45, 7) is 2.69. The first kappa shape index (κ1) is 15.0. The van der Waals surface area contributed by atoms with E-state index in [1.54, 1.807) is 0 Å². The Kier molecular flexibility index (Phi) is 3.82. The number of aromatic nitrogens is 3. The van der Waals surface area contributed by atoms with E-state index in [-0.39, 0.29) is 0 Å². The van der Waals surface area contributed by atoms with E-state index in [1.165, 1.54) is 0 Å². The summed E-state index contributed by atoms with van der Waals surface area (Å²) in [5.74, 6) is 1.19. The molecule has 2 aromatic carbocycles. The van der Waals surface area contributed by atoms with Crippen molar-refractivity contribution in [3.8, 4) is 11.6 Å². The largest absolute Gasteiger partial charge is 0.419 e. The van der Waals surface area contributed by atoms with Crippen LogP contribution in [0, 0.1) is 0 Å². The van der Waals surface area contributed by atoms with E-state index in [2.05, 4.69) is 39.0 Å². The lowest BCUT2D eigenvalue weighted by atomic mass is 10.2. The molecule has 0 amide bonds. The Labute approximate surface area is 144 Å². The lowest BCUT2D eigenvalue weighted by molar-refractivity contribution is 0.509. The third-order valence-electron chi connectivity index (χ3n) is 4.03. The summed E-state index contributed by atoms with van der Waals surface area (Å²) < 4.78 is 7.97. The summed E-state index contributed by atoms with van der Waals surface area (Å²) in [6.07, 6.45) is 0.724. The molecule has 0 spiro atoms. The maximum absolute atomic E-state index is 6.13. The number of hydrogen-bond acceptors (Lipinski definition) is 3. The van der Waals surface area contributed by atoms with Crippen molar-refractivity contribution in [2.24, 2.45) is 0 Å². The predicted molar refractivity (Wildman–Crippen MR) is 95.2 cm³/mol. The number of para-hydroxylation sites is 1. The zero-order chi connectivity index (χ0) is 16.5. The Hall–Kier alpha value is -2.59. The van der Waals surface area contributed by atoms with Gasteiger partial charge in [0.2, 0.25) is 5.89 Å². The van der Waals surface area contributed by atoms with E-state index in [1.807, 2.05) is 37.3 Å². The fourth-order valence-corrected chi connectivity index (χ4v) is 3.09. The summed E-state index contributed by atoms with van der Waals surface area (Å²) in [4.78, 5) is 0. The third-order valence-corrected chi connectivity index (χ3v) is 4.26. The van der Waals surface area contributed by atoms with Crippen LogP contribution >= 0.6 is 11.6 Å². The highest BCUT2D eigenvalue weighted by atomic mass is 35.5. The maximum atomic E-state index is 6.13. The average Bonchev–Trinajstić information content (AvgIpc) is 3.20. The van der Waals surface area contributed by atoms with Gasteiger partial charge in [-0.3, -0.25) is 0 Å². The minimum atomic E-state index is 0.546. The molecule has 2 aromatic heterocycles. The van der Waals surface area contributed by atoms with Gasteiger partial charge in [-0.25, -0.2) is 0 Å². The number of benzene rings is 2. The molecule has 5 heteroatoms. The van der Waals surface area contributed by atoms with Crippen molar-refractivity contribution in [2.75, 3.05) is 0 Å². The average molecular weight is 338 g/mol. The summed E-state index contributed by atoms with van der Waals surface area (Å²) in [5, 5.41) is 10.2. The van der Waals surface area contributed by atoms with Crippen molar-refractivity contribution in [1.29, 1.82) is 0 Å². The van der Waals surface area contributed by atoms with Crippen molar-refractivity contribution in [2.45, 2.75) is 19.9 Å². The summed E-state index contributed by atoms with van der Waals surface area (Å²) >= 11 is 6.13. The molecule has 0 aliphatic rings. The minimum Gasteiger partial charge on any atom is -0.419 e. The van der Waals surface area contributed by atoms with Crippen LogP contribution in [0.4, 0.5) is 0 Å². The Morgan fingerprint density at radius 3 is 2.71 bits per heavy atom. The normalized spacial score (nSPS) is 11.2. The SMILES string of the molecule is CCc1nnc(-c2cc3ccccc3n2Cc2cccc(Cl)c2)o1. The first-order chi connectivity index (χ1) is 11.7. The molecule has 0 bridgehead atoms. The van der Waals surface area contributed by atoms with Crippen LogP contribution in [0.25, 0.3) is 22.5 Å². The van der Waals surface area contributed by atoms with Gasteiger partial charge in [-0.1, -0.05) is 48.9 Å². The zero-order valence-electron chi connectivity index (χ0n) is 13.2. The number of hydrogen-bond donors (Lipinski definition) is 0. The summed E-state index contributed by atoms with van der Waals surface area (Å²) in [6, 6.07) is 18.2. The molecule has 0 fully saturated rings. The second-order valence-electron chi connectivity index (χ2n) is 5.66. The maximum Gasteiger partial charge on any atom is 0.264 e. The first-order valence-electron chi connectivity index (χ1n) is 7.90. The highest BCUT2D eigenvalue weighted by Gasteiger charge is 2.16. The molecule has 24 heavy (non-hydrogen) atoms. The standard InChI is InChI=1S/C19H16ClN3O/c1-2-18-21-22-19(24-18)17-11-14-7-3-4-9-16(14)23(17)12-13-6-5-8-15(20)10-13/h3-11H,2,12H2,1H3. The van der Waals surface area contributed by atoms with Gasteiger partial charge in [0.25, 0.3) is 5.89 Å². The van der Waals surface area contributed by atoms with Crippen LogP contribution in [0.3, 0.4) is 0 Å². The van der Waals surface area contributed by atoms with Crippen molar-refractivity contribution in [3.63, 3.8) is 0 Å². The quantitative estimate of drug-likeness (QED) is 0.529. The predicted octanol–water partition coefficient (Wildman–Crippen LogP) is 4.96. The van der Waals surface area contributed by atoms with Crippen LogP contribution in [0.1, 0.15) is 18.4 Å². The second-order valence-corrected chi connectivity index (χ2v) is 6.10. The van der Waals surface area contributed by atoms with Crippen LogP contribution in [-0.2, 0) is 13.0 Å². The topological polar surface area (TPSA) is 43.9 Å². The highest BCUT2D eigenvalue weighted by molar-refractivity contribution is 6.30. The Morgan fingerprint density at radius 2 is 1.92 bits per heavy atom. The zero-order valence-corrected chi connectivity index (χ0v) is 14.0. The fourth-order valence-electron chi connectivity index (χ4n) is 2.88. The molecule has 4 aromatic rings. The van der Waals surface area contributed by atoms with Gasteiger partial charge in [0, 0.05) is 28.9 Å². The molecule has 0 saturated heterocycles. The molecule has 0 aliphatic heterocycles. The molecule has 0 radical (unpaired) electrons. The van der Waals surface area contributed by atoms with E-state index >= 15 is 0 Å². The Balaban J connectivity index is 1.86. The number of rotatable bonds is 4. The summed E-state index contributed by atoms with van der Waals surface area (Å²) in [5.41, 5.74) is 3.17. The molecular weight excluding hydrogens is 322 g/mol. The van der Waals surface area contributed by atoms with E-state index in [0.29, 0.717) is 18.3 Å². The molecule has 2 heterocycles. The van der Waals surface area contributed by atoms with Gasteiger partial charge in [0.1, 0.15) is 5.69 Å². The van der Waals surface area contributed by atoms with Gasteiger partial charge in [-0.2, -0.15) is 0 Å². The number of fused-ring (bicyclic) bond motifs is 1. The third kappa shape index (κ3) is 2.69. The van der Waals surface area contributed by atoms with Crippen LogP contribution in [0.2, 0.25) is 5.02 Å². The van der Waals surface area contributed by atoms with Crippen molar-refractivity contribution >= 4 is 22.5 Å². The smallest absolute Gasteiger partial charge is 0.264 e. The molecule has 4 nitrogen and oxygen atoms in total. The molecule has 0 unspecified atom stereocenters. The van der Waals surface area contributed by atoms with Gasteiger partial charge >= 0.3 is 0 Å². The first-order valence-corrected chi connectivity index (χ1v) is 8.28. The minimum absolute atomic E-state index is 0.546. The van der Waals surface area contributed by atoms with E-state index in [9.17, 15) is 0 Å². The lowest BCUT2D eigenvalue weighted by Gasteiger charge is -2.09. The number of aryl methyl sites for hydroxylation is 1. The van der Waals surface area contributed by atoms with E-state index in [0.717, 1.165) is 33.6 Å². The Morgan fingerprint density at radius 1 is 1.04 bits per heavy atom. The Bertz CT molecular complexity index is 1000. The second kappa shape index (κ2) is 6.13. The van der Waals surface area contributed by atoms with Crippen LogP contribution in [0.5, 0.6) is 0 Å². The molecule has 120 valence electrons. The van der Waals surface area contributed by atoms with Crippen LogP contribution in [0.15, 0.2) is 59.0 Å². The van der Waals surface area contributed by atoms with Gasteiger partial charge in [-0.05, 0) is 29.8 Å². The fraction of sp³-hybridized carbons (Fsp3) is 0.158. The molecule has 0 saturated carbocycles. The number of nitrogens with zero attached hydrogens (tertiary/aromatic N) is 3. The van der Waals surface area contributed by atoms with Gasteiger partial charge in [-0.15, -0.1) is 10.2 Å². The van der Waals surface area contributed by atoms with Gasteiger partial charge in [0.05, 0.1) is 0 Å². The van der Waals surface area contributed by atoms with Crippen molar-refractivity contribution < 1.29 is 4.42 Å². The van der Waals surface area contributed by atoms with Gasteiger partial charge < -0.3 is 8.98 Å². The highest BCUT2D eigenvalue weighted by Crippen LogP contribution is 2.29. The molecule has 4 rings (SSSR count). The van der Waals surface area contributed by atoms with E-state index < -0.39 is 0 Å². The molecule has 0 N–H and O–H groups in total. The molecular formula is C19H16ClN3O. The van der Waals surface area contributed by atoms with Crippen LogP contribution in [-0.4, -0.2) is 14.8 Å². The van der Waals surface area contributed by atoms with E-state index in [4.69, 9.17) is 16.0 Å².